The lowest BCUT2D eigenvalue weighted by atomic mass is 9.88. The molecular formula is C18H21FN4O4S. The molecule has 28 heavy (non-hydrogen) atoms. The first-order valence-electron chi connectivity index (χ1n) is 8.52. The summed E-state index contributed by atoms with van der Waals surface area (Å²) in [5, 5.41) is 13.2. The van der Waals surface area contributed by atoms with Crippen LogP contribution in [0.1, 0.15) is 31.9 Å². The Hall–Kier alpha value is -2.88. The number of nitrogens with zero attached hydrogens (tertiary/aromatic N) is 2. The summed E-state index contributed by atoms with van der Waals surface area (Å²) in [5.41, 5.74) is 0.870. The van der Waals surface area contributed by atoms with E-state index in [4.69, 9.17) is 0 Å². The normalized spacial score (nSPS) is 16.1. The lowest BCUT2D eigenvalue weighted by molar-refractivity contribution is -0.117. The zero-order valence-electron chi connectivity index (χ0n) is 15.7. The van der Waals surface area contributed by atoms with Gasteiger partial charge >= 0.3 is 10.2 Å². The Morgan fingerprint density at radius 1 is 1.32 bits per heavy atom. The van der Waals surface area contributed by atoms with Crippen LogP contribution in [0.2, 0.25) is 0 Å². The fraction of sp³-hybridized carbons (Fsp3) is 0.333. The average Bonchev–Trinajstić information content (AvgIpc) is 2.84. The summed E-state index contributed by atoms with van der Waals surface area (Å²) >= 11 is 0. The van der Waals surface area contributed by atoms with Gasteiger partial charge in [-0.2, -0.15) is 8.42 Å². The number of anilines is 2. The molecule has 1 amide bonds. The monoisotopic (exact) mass is 408 g/mol. The number of halogens is 1. The van der Waals surface area contributed by atoms with Crippen LogP contribution in [0.25, 0.3) is 0 Å². The van der Waals surface area contributed by atoms with Crippen LogP contribution in [-0.4, -0.2) is 31.0 Å². The highest BCUT2D eigenvalue weighted by molar-refractivity contribution is 7.92. The maximum absolute atomic E-state index is 14.5. The Morgan fingerprint density at radius 2 is 2.04 bits per heavy atom. The van der Waals surface area contributed by atoms with Crippen molar-refractivity contribution in [2.24, 2.45) is 0 Å². The van der Waals surface area contributed by atoms with Crippen LogP contribution < -0.4 is 14.3 Å². The predicted molar refractivity (Wildman–Crippen MR) is 103 cm³/mol. The number of hydrogen-bond acceptors (Lipinski definition) is 6. The largest absolute Gasteiger partial charge is 0.506 e. The number of nitrogens with one attached hydrogen (secondary N) is 2. The van der Waals surface area contributed by atoms with Crippen molar-refractivity contribution < 1.29 is 22.7 Å². The predicted octanol–water partition coefficient (Wildman–Crippen LogP) is 2.02. The SMILES string of the molecule is CC(C)(C)c1ccc(NCc2cc(O)c(N3CC(=O)NS3(=O)=O)c(F)c2)nc1. The van der Waals surface area contributed by atoms with Crippen molar-refractivity contribution >= 4 is 27.6 Å². The van der Waals surface area contributed by atoms with Crippen molar-refractivity contribution in [2.75, 3.05) is 16.2 Å². The minimum Gasteiger partial charge on any atom is -0.506 e. The molecule has 1 saturated heterocycles. The van der Waals surface area contributed by atoms with E-state index >= 15 is 0 Å². The molecule has 150 valence electrons. The van der Waals surface area contributed by atoms with Gasteiger partial charge in [0.2, 0.25) is 0 Å². The van der Waals surface area contributed by atoms with E-state index in [1.54, 1.807) is 17.0 Å². The van der Waals surface area contributed by atoms with Gasteiger partial charge in [-0.05, 0) is 34.7 Å². The van der Waals surface area contributed by atoms with Gasteiger partial charge in [-0.15, -0.1) is 0 Å². The molecule has 0 radical (unpaired) electrons. The average molecular weight is 408 g/mol. The van der Waals surface area contributed by atoms with Gasteiger partial charge in [0.05, 0.1) is 0 Å². The van der Waals surface area contributed by atoms with Gasteiger partial charge in [0, 0.05) is 12.7 Å². The third kappa shape index (κ3) is 4.01. The van der Waals surface area contributed by atoms with Crippen molar-refractivity contribution in [2.45, 2.75) is 32.7 Å². The number of amides is 1. The molecule has 0 aliphatic carbocycles. The standard InChI is InChI=1S/C18H21FN4O4S/c1-18(2,3)12-4-5-15(21-9-12)20-8-11-6-13(19)17(14(24)7-11)23-10-16(25)22-28(23,26)27/h4-7,9,24H,8,10H2,1-3H3,(H,20,21)(H,22,25). The van der Waals surface area contributed by atoms with Crippen LogP contribution in [0.4, 0.5) is 15.9 Å². The minimum absolute atomic E-state index is 0.0254. The molecule has 8 nitrogen and oxygen atoms in total. The Bertz CT molecular complexity index is 994. The smallest absolute Gasteiger partial charge is 0.326 e. The third-order valence-corrected chi connectivity index (χ3v) is 5.65. The molecule has 3 N–H and O–H groups in total. The molecule has 10 heteroatoms. The number of phenolic OH excluding ortho intramolecular Hbond substituents is 1. The molecule has 0 spiro atoms. The van der Waals surface area contributed by atoms with Gasteiger partial charge in [-0.1, -0.05) is 26.8 Å². The number of hydrogen-bond donors (Lipinski definition) is 3. The quantitative estimate of drug-likeness (QED) is 0.714. The second kappa shape index (κ2) is 6.93. The Morgan fingerprint density at radius 3 is 2.54 bits per heavy atom. The van der Waals surface area contributed by atoms with E-state index in [9.17, 15) is 22.7 Å². The molecule has 1 aromatic carbocycles. The van der Waals surface area contributed by atoms with E-state index in [2.05, 4.69) is 31.1 Å². The summed E-state index contributed by atoms with van der Waals surface area (Å²) in [4.78, 5) is 15.6. The Kier molecular flexibility index (Phi) is 4.92. The molecule has 3 rings (SSSR count). The van der Waals surface area contributed by atoms with Crippen molar-refractivity contribution in [1.82, 2.24) is 9.71 Å². The summed E-state index contributed by atoms with van der Waals surface area (Å²) in [6.07, 6.45) is 1.76. The highest BCUT2D eigenvalue weighted by atomic mass is 32.2. The van der Waals surface area contributed by atoms with E-state index in [1.807, 2.05) is 6.07 Å². The summed E-state index contributed by atoms with van der Waals surface area (Å²) < 4.78 is 40.5. The molecule has 1 aliphatic rings. The van der Waals surface area contributed by atoms with Crippen LogP contribution in [0.5, 0.6) is 5.75 Å². The maximum Gasteiger partial charge on any atom is 0.326 e. The highest BCUT2D eigenvalue weighted by Gasteiger charge is 2.37. The van der Waals surface area contributed by atoms with Crippen LogP contribution in [0.3, 0.4) is 0 Å². The number of carbonyl (C=O) groups excluding carboxylic acids is 1. The first-order valence-corrected chi connectivity index (χ1v) is 9.96. The molecule has 0 atom stereocenters. The van der Waals surface area contributed by atoms with Gasteiger partial charge in [-0.3, -0.25) is 4.79 Å². The van der Waals surface area contributed by atoms with Gasteiger partial charge < -0.3 is 10.4 Å². The lowest BCUT2D eigenvalue weighted by Gasteiger charge is -2.19. The van der Waals surface area contributed by atoms with Gasteiger partial charge in [0.15, 0.2) is 5.82 Å². The zero-order chi connectivity index (χ0) is 20.7. The fourth-order valence-corrected chi connectivity index (χ4v) is 3.94. The van der Waals surface area contributed by atoms with E-state index in [1.165, 1.54) is 6.07 Å². The van der Waals surface area contributed by atoms with Crippen LogP contribution in [-0.2, 0) is 27.0 Å². The maximum atomic E-state index is 14.5. The molecule has 2 aromatic rings. The number of carbonyl (C=O) groups is 1. The third-order valence-electron chi connectivity index (χ3n) is 4.28. The first kappa shape index (κ1) is 19.9. The second-order valence-electron chi connectivity index (χ2n) is 7.52. The Balaban J connectivity index is 1.77. The Labute approximate surface area is 162 Å². The molecular weight excluding hydrogens is 387 g/mol. The van der Waals surface area contributed by atoms with Crippen molar-refractivity contribution in [3.8, 4) is 5.75 Å². The number of rotatable bonds is 4. The summed E-state index contributed by atoms with van der Waals surface area (Å²) in [6.45, 7) is 5.81. The molecule has 2 heterocycles. The molecule has 0 unspecified atom stereocenters. The van der Waals surface area contributed by atoms with E-state index in [0.29, 0.717) is 15.7 Å². The number of phenols is 1. The van der Waals surface area contributed by atoms with Crippen molar-refractivity contribution in [1.29, 1.82) is 0 Å². The number of benzene rings is 1. The number of pyridine rings is 1. The molecule has 0 saturated carbocycles. The highest BCUT2D eigenvalue weighted by Crippen LogP contribution is 2.34. The van der Waals surface area contributed by atoms with E-state index in [-0.39, 0.29) is 12.0 Å². The zero-order valence-corrected chi connectivity index (χ0v) is 16.5. The molecule has 0 bridgehead atoms. The number of aromatic nitrogens is 1. The van der Waals surface area contributed by atoms with Gasteiger partial charge in [-0.25, -0.2) is 18.4 Å². The second-order valence-corrected chi connectivity index (χ2v) is 9.11. The minimum atomic E-state index is -4.21. The van der Waals surface area contributed by atoms with E-state index in [0.717, 1.165) is 11.6 Å². The van der Waals surface area contributed by atoms with Gasteiger partial charge in [0.1, 0.15) is 23.8 Å². The van der Waals surface area contributed by atoms with Crippen LogP contribution in [0, 0.1) is 5.82 Å². The van der Waals surface area contributed by atoms with Crippen LogP contribution in [0.15, 0.2) is 30.5 Å². The van der Waals surface area contributed by atoms with Gasteiger partial charge in [0.25, 0.3) is 5.91 Å². The summed E-state index contributed by atoms with van der Waals surface area (Å²) in [6, 6.07) is 6.09. The fourth-order valence-electron chi connectivity index (χ4n) is 2.77. The molecule has 1 aromatic heterocycles. The van der Waals surface area contributed by atoms with Crippen molar-refractivity contribution in [3.05, 3.63) is 47.4 Å². The molecule has 1 fully saturated rings. The summed E-state index contributed by atoms with van der Waals surface area (Å²) in [5.74, 6) is -1.75. The van der Waals surface area contributed by atoms with E-state index < -0.39 is 39.9 Å². The topological polar surface area (TPSA) is 112 Å². The lowest BCUT2D eigenvalue weighted by Crippen LogP contribution is -2.30. The van der Waals surface area contributed by atoms with Crippen LogP contribution >= 0.6 is 0 Å². The first-order chi connectivity index (χ1) is 13.0. The molecule has 1 aliphatic heterocycles. The van der Waals surface area contributed by atoms with Crippen molar-refractivity contribution in [3.63, 3.8) is 0 Å². The summed E-state index contributed by atoms with van der Waals surface area (Å²) in [7, 11) is -4.21. The number of aromatic hydroxyl groups is 1.